The average Bonchev–Trinajstić information content (AvgIpc) is 3.90. The Balaban J connectivity index is 1.67. The second kappa shape index (κ2) is 13.3. The maximum absolute atomic E-state index is 14.1. The molecule has 1 saturated carbocycles. The van der Waals surface area contributed by atoms with Gasteiger partial charge in [0, 0.05) is 42.0 Å². The molecule has 4 bridgehead atoms. The number of amides is 1. The zero-order chi connectivity index (χ0) is 33.2. The van der Waals surface area contributed by atoms with Crippen LogP contribution in [0.15, 0.2) is 65.6 Å². The van der Waals surface area contributed by atoms with Crippen LogP contribution < -0.4 is 19.5 Å². The molecule has 1 heterocycles. The molecule has 14 heteroatoms. The van der Waals surface area contributed by atoms with E-state index >= 15 is 0 Å². The van der Waals surface area contributed by atoms with E-state index in [9.17, 15) is 32.9 Å². The molecule has 46 heavy (non-hydrogen) atoms. The lowest BCUT2D eigenvalue weighted by atomic mass is 9.88. The Labute approximate surface area is 265 Å². The Bertz CT molecular complexity index is 1790. The van der Waals surface area contributed by atoms with Crippen LogP contribution in [0.3, 0.4) is 0 Å². The van der Waals surface area contributed by atoms with Gasteiger partial charge in [0.25, 0.3) is 5.69 Å². The fourth-order valence-corrected chi connectivity index (χ4v) is 6.86. The van der Waals surface area contributed by atoms with Crippen molar-refractivity contribution >= 4 is 33.4 Å². The molecule has 3 aromatic rings. The first-order valence-corrected chi connectivity index (χ1v) is 16.0. The summed E-state index contributed by atoms with van der Waals surface area (Å²) in [5.74, 6) is -1.85. The molecular weight excluding hydrogens is 618 g/mol. The largest absolute Gasteiger partial charge is 0.496 e. The first-order chi connectivity index (χ1) is 21.9. The van der Waals surface area contributed by atoms with Gasteiger partial charge in [-0.1, -0.05) is 12.1 Å². The number of non-ortho nitro benzene ring substituents is 1. The number of rotatable bonds is 8. The summed E-state index contributed by atoms with van der Waals surface area (Å²) in [4.78, 5) is 50.7. The second-order valence-electron chi connectivity index (χ2n) is 11.2. The van der Waals surface area contributed by atoms with Gasteiger partial charge in [0.15, 0.2) is 5.78 Å². The number of hydrogen-bond acceptors (Lipinski definition) is 10. The van der Waals surface area contributed by atoms with Gasteiger partial charge in [-0.25, -0.2) is 13.2 Å². The van der Waals surface area contributed by atoms with Gasteiger partial charge in [-0.3, -0.25) is 19.7 Å². The molecule has 3 atom stereocenters. The third-order valence-electron chi connectivity index (χ3n) is 8.25. The summed E-state index contributed by atoms with van der Waals surface area (Å²) in [5, 5.41) is 13.9. The van der Waals surface area contributed by atoms with E-state index in [4.69, 9.17) is 14.2 Å². The van der Waals surface area contributed by atoms with Gasteiger partial charge in [-0.15, -0.1) is 0 Å². The fraction of sp³-hybridized carbons (Fsp3) is 0.344. The Hall–Kier alpha value is -4.82. The molecule has 0 saturated heterocycles. The summed E-state index contributed by atoms with van der Waals surface area (Å²) < 4.78 is 45.9. The number of esters is 1. The lowest BCUT2D eigenvalue weighted by molar-refractivity contribution is -0.384. The van der Waals surface area contributed by atoms with E-state index in [0.717, 1.165) is 24.3 Å². The average molecular weight is 652 g/mol. The number of carbonyl (C=O) groups is 3. The summed E-state index contributed by atoms with van der Waals surface area (Å²) in [7, 11) is -0.228. The van der Waals surface area contributed by atoms with Crippen LogP contribution in [0.25, 0.3) is 11.1 Å². The van der Waals surface area contributed by atoms with Crippen LogP contribution in [0.2, 0.25) is 0 Å². The molecule has 1 aliphatic heterocycles. The molecule has 0 unspecified atom stereocenters. The van der Waals surface area contributed by atoms with Crippen LogP contribution in [0.4, 0.5) is 5.69 Å². The number of ether oxygens (including phenoxy) is 3. The number of hydrogen-bond donors (Lipinski definition) is 2. The number of nitro groups is 1. The van der Waals surface area contributed by atoms with Gasteiger partial charge >= 0.3 is 5.97 Å². The van der Waals surface area contributed by atoms with E-state index in [1.807, 2.05) is 0 Å². The van der Waals surface area contributed by atoms with Crippen molar-refractivity contribution in [2.24, 2.45) is 11.8 Å². The number of carbonyl (C=O) groups excluding carboxylic acids is 3. The molecule has 1 fully saturated rings. The van der Waals surface area contributed by atoms with E-state index in [2.05, 4.69) is 10.0 Å². The first kappa shape index (κ1) is 32.6. The monoisotopic (exact) mass is 651 g/mol. The Morgan fingerprint density at radius 2 is 1.54 bits per heavy atom. The summed E-state index contributed by atoms with van der Waals surface area (Å²) in [6.07, 6.45) is 1.18. The first-order valence-electron chi connectivity index (χ1n) is 14.5. The summed E-state index contributed by atoms with van der Waals surface area (Å²) >= 11 is 0. The standard InChI is InChI=1S/C32H33N3O10S/c1-43-28-12-4-18-14-24(28)25-16-20(7-13-29(25)44-2)30(34-46(41,42)22-10-8-21(9-11-22)35(39)40)27(36)17-23(19-5-6-19)31(37)33-26(15-18)32(38)45-3/h4,7-14,16,19,23,26,30,34H,5-6,15,17H2,1-3H3,(H,33,37)/t23-,26-,30-/m0/s1. The van der Waals surface area contributed by atoms with Crippen LogP contribution in [-0.4, -0.2) is 58.4 Å². The maximum atomic E-state index is 14.1. The minimum absolute atomic E-state index is 0.0976. The molecule has 0 spiro atoms. The van der Waals surface area contributed by atoms with Gasteiger partial charge < -0.3 is 19.5 Å². The van der Waals surface area contributed by atoms with E-state index < -0.39 is 50.6 Å². The highest BCUT2D eigenvalue weighted by atomic mass is 32.2. The van der Waals surface area contributed by atoms with E-state index in [0.29, 0.717) is 41.0 Å². The van der Waals surface area contributed by atoms with Crippen molar-refractivity contribution in [3.63, 3.8) is 0 Å². The minimum atomic E-state index is -4.40. The van der Waals surface area contributed by atoms with Gasteiger partial charge in [0.2, 0.25) is 15.9 Å². The Morgan fingerprint density at radius 1 is 0.913 bits per heavy atom. The Morgan fingerprint density at radius 3 is 2.13 bits per heavy atom. The van der Waals surface area contributed by atoms with E-state index in [1.54, 1.807) is 36.4 Å². The number of nitrogens with one attached hydrogen (secondary N) is 2. The minimum Gasteiger partial charge on any atom is -0.496 e. The van der Waals surface area contributed by atoms with Crippen LogP contribution in [0, 0.1) is 22.0 Å². The number of Topliss-reactive ketones (excluding diaryl/α,β-unsaturated/α-hetero) is 1. The molecule has 1 amide bonds. The fourth-order valence-electron chi connectivity index (χ4n) is 5.65. The molecule has 242 valence electrons. The molecule has 1 aliphatic carbocycles. The van der Waals surface area contributed by atoms with Crippen molar-refractivity contribution < 1.29 is 41.9 Å². The number of benzene rings is 3. The van der Waals surface area contributed by atoms with Crippen molar-refractivity contribution in [3.8, 4) is 22.6 Å². The molecule has 13 nitrogen and oxygen atoms in total. The number of nitrogens with zero attached hydrogens (tertiary/aromatic N) is 1. The van der Waals surface area contributed by atoms with Gasteiger partial charge in [-0.05, 0) is 66.3 Å². The maximum Gasteiger partial charge on any atom is 0.328 e. The van der Waals surface area contributed by atoms with Crippen LogP contribution in [-0.2, 0) is 35.6 Å². The molecule has 0 radical (unpaired) electrons. The van der Waals surface area contributed by atoms with E-state index in [1.165, 1.54) is 21.3 Å². The van der Waals surface area contributed by atoms with Crippen molar-refractivity contribution in [3.05, 3.63) is 81.9 Å². The highest BCUT2D eigenvalue weighted by Crippen LogP contribution is 2.42. The number of methoxy groups -OCH3 is 3. The van der Waals surface area contributed by atoms with Gasteiger partial charge in [0.05, 0.1) is 31.1 Å². The summed E-state index contributed by atoms with van der Waals surface area (Å²) in [6.45, 7) is 0. The van der Waals surface area contributed by atoms with Crippen LogP contribution in [0.5, 0.6) is 11.5 Å². The predicted octanol–water partition coefficient (Wildman–Crippen LogP) is 3.50. The zero-order valence-corrected chi connectivity index (χ0v) is 26.2. The number of ketones is 1. The molecule has 2 aliphatic rings. The topological polar surface area (TPSA) is 180 Å². The van der Waals surface area contributed by atoms with Crippen LogP contribution >= 0.6 is 0 Å². The normalized spacial score (nSPS) is 20.2. The quantitative estimate of drug-likeness (QED) is 0.208. The van der Waals surface area contributed by atoms with Crippen molar-refractivity contribution in [2.75, 3.05) is 21.3 Å². The van der Waals surface area contributed by atoms with Crippen LogP contribution in [0.1, 0.15) is 36.4 Å². The second-order valence-corrected chi connectivity index (χ2v) is 12.9. The SMILES string of the molecule is COC(=O)[C@@H]1Cc2ccc(OC)c(c2)-c2cc(ccc2OC)[C@H](NS(=O)(=O)c2ccc([N+](=O)[O-])cc2)C(=O)C[C@@H](C2CC2)C(=O)N1. The third-order valence-corrected chi connectivity index (χ3v) is 9.69. The lowest BCUT2D eigenvalue weighted by Gasteiger charge is -2.25. The van der Waals surface area contributed by atoms with Crippen molar-refractivity contribution in [1.82, 2.24) is 10.0 Å². The van der Waals surface area contributed by atoms with Gasteiger partial charge in [0.1, 0.15) is 23.6 Å². The van der Waals surface area contributed by atoms with Gasteiger partial charge in [-0.2, -0.15) is 4.72 Å². The molecular formula is C32H33N3O10S. The van der Waals surface area contributed by atoms with Crippen molar-refractivity contribution in [1.29, 1.82) is 0 Å². The molecule has 2 N–H and O–H groups in total. The highest BCUT2D eigenvalue weighted by Gasteiger charge is 2.41. The van der Waals surface area contributed by atoms with E-state index in [-0.39, 0.29) is 34.9 Å². The van der Waals surface area contributed by atoms with Crippen molar-refractivity contribution in [2.45, 2.75) is 42.7 Å². The smallest absolute Gasteiger partial charge is 0.328 e. The summed E-state index contributed by atoms with van der Waals surface area (Å²) in [6, 6.07) is 11.8. The third kappa shape index (κ3) is 6.87. The molecule has 3 aromatic carbocycles. The number of nitro benzene ring substituents is 1. The number of fused-ring (bicyclic) bond motifs is 5. The summed E-state index contributed by atoms with van der Waals surface area (Å²) in [5.41, 5.74) is 1.67. The zero-order valence-electron chi connectivity index (χ0n) is 25.3. The highest BCUT2D eigenvalue weighted by molar-refractivity contribution is 7.89. The predicted molar refractivity (Wildman–Crippen MR) is 165 cm³/mol. The lowest BCUT2D eigenvalue weighted by Crippen LogP contribution is -2.47. The Kier molecular flexibility index (Phi) is 9.39. The molecule has 5 rings (SSSR count). The molecule has 0 aromatic heterocycles. The number of sulfonamides is 1.